The first kappa shape index (κ1) is 18.3. The van der Waals surface area contributed by atoms with Gasteiger partial charge >= 0.3 is 0 Å². The predicted molar refractivity (Wildman–Crippen MR) is 117 cm³/mol. The maximum atomic E-state index is 4.79. The summed E-state index contributed by atoms with van der Waals surface area (Å²) < 4.78 is 0. The van der Waals surface area contributed by atoms with Crippen LogP contribution < -0.4 is 15.1 Å². The van der Waals surface area contributed by atoms with E-state index in [0.29, 0.717) is 0 Å². The molecule has 5 heteroatoms. The molecule has 0 fully saturated rings. The molecule has 1 N–H and O–H groups in total. The molecule has 2 aromatic carbocycles. The Kier molecular flexibility index (Phi) is 5.15. The monoisotopic (exact) mass is 373 g/mol. The molecule has 4 rings (SSSR count). The van der Waals surface area contributed by atoms with Crippen molar-refractivity contribution in [1.82, 2.24) is 9.97 Å². The third-order valence-corrected chi connectivity index (χ3v) is 5.24. The number of aryl methyl sites for hydroxylation is 1. The summed E-state index contributed by atoms with van der Waals surface area (Å²) in [5.74, 6) is 1.58. The first-order valence-corrected chi connectivity index (χ1v) is 10.0. The van der Waals surface area contributed by atoms with Gasteiger partial charge in [0, 0.05) is 48.5 Å². The average molecular weight is 374 g/mol. The summed E-state index contributed by atoms with van der Waals surface area (Å²) in [7, 11) is 0. The van der Waals surface area contributed by atoms with Crippen LogP contribution in [0.1, 0.15) is 25.1 Å². The van der Waals surface area contributed by atoms with Gasteiger partial charge in [-0.2, -0.15) is 4.98 Å². The Labute approximate surface area is 167 Å². The van der Waals surface area contributed by atoms with Crippen LogP contribution in [0.4, 0.5) is 28.8 Å². The average Bonchev–Trinajstić information content (AvgIpc) is 3.14. The molecular formula is C23H27N5. The van der Waals surface area contributed by atoms with Gasteiger partial charge in [0.2, 0.25) is 5.95 Å². The van der Waals surface area contributed by atoms with Crippen LogP contribution in [0.5, 0.6) is 0 Å². The van der Waals surface area contributed by atoms with Gasteiger partial charge in [0.15, 0.2) is 0 Å². The lowest BCUT2D eigenvalue weighted by Gasteiger charge is -2.21. The zero-order valence-electron chi connectivity index (χ0n) is 16.8. The fraction of sp³-hybridized carbons (Fsp3) is 0.304. The van der Waals surface area contributed by atoms with E-state index in [0.717, 1.165) is 49.2 Å². The Morgan fingerprint density at radius 1 is 1.00 bits per heavy atom. The van der Waals surface area contributed by atoms with Crippen molar-refractivity contribution in [3.63, 3.8) is 0 Å². The lowest BCUT2D eigenvalue weighted by Crippen LogP contribution is -2.21. The molecule has 0 spiro atoms. The van der Waals surface area contributed by atoms with Gasteiger partial charge in [-0.25, -0.2) is 4.98 Å². The molecular weight excluding hydrogens is 346 g/mol. The van der Waals surface area contributed by atoms with Crippen molar-refractivity contribution in [1.29, 1.82) is 0 Å². The molecule has 0 bridgehead atoms. The van der Waals surface area contributed by atoms with Crippen molar-refractivity contribution >= 4 is 28.8 Å². The normalized spacial score (nSPS) is 12.8. The number of para-hydroxylation sites is 1. The van der Waals surface area contributed by atoms with Crippen LogP contribution in [-0.4, -0.2) is 29.6 Å². The van der Waals surface area contributed by atoms with Gasteiger partial charge < -0.3 is 15.1 Å². The Bertz CT molecular complexity index is 947. The fourth-order valence-electron chi connectivity index (χ4n) is 3.78. The molecule has 3 aromatic rings. The zero-order valence-corrected chi connectivity index (χ0v) is 16.8. The van der Waals surface area contributed by atoms with Crippen LogP contribution in [0.15, 0.2) is 54.6 Å². The van der Waals surface area contributed by atoms with Crippen molar-refractivity contribution in [3.8, 4) is 0 Å². The van der Waals surface area contributed by atoms with E-state index in [1.165, 1.54) is 16.9 Å². The number of hydrogen-bond acceptors (Lipinski definition) is 5. The Morgan fingerprint density at radius 2 is 1.75 bits per heavy atom. The molecule has 2 heterocycles. The summed E-state index contributed by atoms with van der Waals surface area (Å²) in [6.45, 7) is 9.31. The highest BCUT2D eigenvalue weighted by Crippen LogP contribution is 2.33. The standard InChI is InChI=1S/C23H27N5/c1-4-27(5-2)20-12-10-19(11-13-20)25-22-16-17(3)24-23(26-22)28-15-14-18-8-6-7-9-21(18)28/h6-13,16H,4-5,14-15H2,1-3H3,(H,24,25,26). The highest BCUT2D eigenvalue weighted by molar-refractivity contribution is 5.68. The summed E-state index contributed by atoms with van der Waals surface area (Å²) in [6, 6.07) is 19.0. The lowest BCUT2D eigenvalue weighted by atomic mass is 10.2. The van der Waals surface area contributed by atoms with E-state index in [2.05, 4.69) is 82.5 Å². The van der Waals surface area contributed by atoms with Gasteiger partial charge in [0.1, 0.15) is 5.82 Å². The largest absolute Gasteiger partial charge is 0.372 e. The smallest absolute Gasteiger partial charge is 0.232 e. The topological polar surface area (TPSA) is 44.3 Å². The van der Waals surface area contributed by atoms with Crippen LogP contribution in [-0.2, 0) is 6.42 Å². The van der Waals surface area contributed by atoms with E-state index in [1.54, 1.807) is 0 Å². The van der Waals surface area contributed by atoms with E-state index in [9.17, 15) is 0 Å². The zero-order chi connectivity index (χ0) is 19.5. The molecule has 1 aliphatic rings. The third kappa shape index (κ3) is 3.65. The number of hydrogen-bond donors (Lipinski definition) is 1. The number of anilines is 5. The van der Waals surface area contributed by atoms with Gasteiger partial charge in [-0.1, -0.05) is 18.2 Å². The molecule has 28 heavy (non-hydrogen) atoms. The number of aromatic nitrogens is 2. The highest BCUT2D eigenvalue weighted by atomic mass is 15.3. The van der Waals surface area contributed by atoms with Gasteiger partial charge in [-0.05, 0) is 63.1 Å². The summed E-state index contributed by atoms with van der Waals surface area (Å²) in [5, 5.41) is 3.44. The summed E-state index contributed by atoms with van der Waals surface area (Å²) in [5.41, 5.74) is 5.79. The number of benzene rings is 2. The van der Waals surface area contributed by atoms with Crippen molar-refractivity contribution in [2.75, 3.05) is 34.8 Å². The molecule has 0 aliphatic carbocycles. The van der Waals surface area contributed by atoms with Crippen LogP contribution in [0.25, 0.3) is 0 Å². The Balaban J connectivity index is 1.57. The maximum absolute atomic E-state index is 4.79. The van der Waals surface area contributed by atoms with E-state index in [1.807, 2.05) is 13.0 Å². The van der Waals surface area contributed by atoms with Crippen LogP contribution >= 0.6 is 0 Å². The highest BCUT2D eigenvalue weighted by Gasteiger charge is 2.22. The SMILES string of the molecule is CCN(CC)c1ccc(Nc2cc(C)nc(N3CCc4ccccc43)n2)cc1. The molecule has 0 amide bonds. The number of fused-ring (bicyclic) bond motifs is 1. The van der Waals surface area contributed by atoms with Gasteiger partial charge in [0.25, 0.3) is 0 Å². The Hall–Kier alpha value is -3.08. The summed E-state index contributed by atoms with van der Waals surface area (Å²) >= 11 is 0. The quantitative estimate of drug-likeness (QED) is 0.653. The molecule has 0 radical (unpaired) electrons. The minimum absolute atomic E-state index is 0.757. The second-order valence-corrected chi connectivity index (χ2v) is 7.07. The van der Waals surface area contributed by atoms with Crippen LogP contribution in [0.2, 0.25) is 0 Å². The van der Waals surface area contributed by atoms with Crippen molar-refractivity contribution in [2.24, 2.45) is 0 Å². The molecule has 144 valence electrons. The molecule has 1 aliphatic heterocycles. The van der Waals surface area contributed by atoms with E-state index in [-0.39, 0.29) is 0 Å². The fourth-order valence-corrected chi connectivity index (χ4v) is 3.78. The minimum Gasteiger partial charge on any atom is -0.372 e. The first-order valence-electron chi connectivity index (χ1n) is 10.0. The van der Waals surface area contributed by atoms with Crippen molar-refractivity contribution in [3.05, 3.63) is 65.9 Å². The maximum Gasteiger partial charge on any atom is 0.232 e. The third-order valence-electron chi connectivity index (χ3n) is 5.24. The van der Waals surface area contributed by atoms with Crippen molar-refractivity contribution < 1.29 is 0 Å². The minimum atomic E-state index is 0.757. The predicted octanol–water partition coefficient (Wildman–Crippen LogP) is 5.07. The van der Waals surface area contributed by atoms with Gasteiger partial charge in [0.05, 0.1) is 0 Å². The first-order chi connectivity index (χ1) is 13.7. The lowest BCUT2D eigenvalue weighted by molar-refractivity contribution is 0.866. The van der Waals surface area contributed by atoms with Crippen LogP contribution in [0.3, 0.4) is 0 Å². The molecule has 0 atom stereocenters. The van der Waals surface area contributed by atoms with E-state index in [4.69, 9.17) is 4.98 Å². The number of nitrogens with one attached hydrogen (secondary N) is 1. The molecule has 1 aromatic heterocycles. The molecule has 0 unspecified atom stereocenters. The Morgan fingerprint density at radius 3 is 2.50 bits per heavy atom. The summed E-state index contributed by atoms with van der Waals surface area (Å²) in [4.78, 5) is 14.0. The number of nitrogens with zero attached hydrogens (tertiary/aromatic N) is 4. The van der Waals surface area contributed by atoms with E-state index >= 15 is 0 Å². The van der Waals surface area contributed by atoms with Crippen molar-refractivity contribution in [2.45, 2.75) is 27.2 Å². The van der Waals surface area contributed by atoms with Gasteiger partial charge in [-0.15, -0.1) is 0 Å². The molecule has 0 saturated carbocycles. The number of rotatable bonds is 6. The van der Waals surface area contributed by atoms with Gasteiger partial charge in [-0.3, -0.25) is 0 Å². The molecule has 0 saturated heterocycles. The molecule has 5 nitrogen and oxygen atoms in total. The second kappa shape index (κ2) is 7.89. The van der Waals surface area contributed by atoms with E-state index < -0.39 is 0 Å². The van der Waals surface area contributed by atoms with Crippen LogP contribution in [0, 0.1) is 6.92 Å². The second-order valence-electron chi connectivity index (χ2n) is 7.07. The summed E-state index contributed by atoms with van der Waals surface area (Å²) in [6.07, 6.45) is 1.03.